The number of nitrogens with zero attached hydrogens (tertiary/aromatic N) is 3. The molecule has 136 valence electrons. The summed E-state index contributed by atoms with van der Waals surface area (Å²) in [5.41, 5.74) is 8.52. The number of aromatic nitrogens is 3. The Bertz CT molecular complexity index is 917. The van der Waals surface area contributed by atoms with E-state index in [0.29, 0.717) is 17.4 Å². The van der Waals surface area contributed by atoms with Crippen molar-refractivity contribution in [3.05, 3.63) is 48.2 Å². The summed E-state index contributed by atoms with van der Waals surface area (Å²) in [7, 11) is 0. The number of nitrogen functional groups attached to an aromatic ring is 1. The Hall–Kier alpha value is -2.67. The zero-order chi connectivity index (χ0) is 18.1. The quantitative estimate of drug-likeness (QED) is 0.625. The molecule has 1 fully saturated rings. The van der Waals surface area contributed by atoms with E-state index in [9.17, 15) is 9.50 Å². The Balaban J connectivity index is 1.62. The molecule has 0 unspecified atom stereocenters. The molecule has 4 rings (SSSR count). The summed E-state index contributed by atoms with van der Waals surface area (Å²) in [6.07, 6.45) is 7.99. The van der Waals surface area contributed by atoms with Crippen LogP contribution in [0.4, 0.5) is 21.6 Å². The summed E-state index contributed by atoms with van der Waals surface area (Å²) < 4.78 is 15.2. The lowest BCUT2D eigenvalue weighted by Gasteiger charge is -2.25. The number of halogens is 1. The predicted molar refractivity (Wildman–Crippen MR) is 98.8 cm³/mol. The van der Waals surface area contributed by atoms with Gasteiger partial charge in [-0.15, -0.1) is 0 Å². The molecule has 3 aromatic rings. The van der Waals surface area contributed by atoms with E-state index in [1.807, 2.05) is 6.20 Å². The van der Waals surface area contributed by atoms with Crippen molar-refractivity contribution in [3.8, 4) is 0 Å². The number of nitrogens with one attached hydrogen (secondary N) is 1. The van der Waals surface area contributed by atoms with E-state index in [0.717, 1.165) is 37.6 Å². The zero-order valence-electron chi connectivity index (χ0n) is 14.4. The summed E-state index contributed by atoms with van der Waals surface area (Å²) in [5, 5.41) is 17.2. The van der Waals surface area contributed by atoms with Crippen molar-refractivity contribution in [1.29, 1.82) is 0 Å². The van der Waals surface area contributed by atoms with Gasteiger partial charge in [-0.25, -0.2) is 13.9 Å². The van der Waals surface area contributed by atoms with Crippen LogP contribution in [0.5, 0.6) is 0 Å². The second-order valence-corrected chi connectivity index (χ2v) is 6.98. The van der Waals surface area contributed by atoms with Crippen LogP contribution in [0.2, 0.25) is 0 Å². The maximum Gasteiger partial charge on any atom is 0.158 e. The van der Waals surface area contributed by atoms with Gasteiger partial charge >= 0.3 is 0 Å². The van der Waals surface area contributed by atoms with Gasteiger partial charge in [0, 0.05) is 11.9 Å². The van der Waals surface area contributed by atoms with Gasteiger partial charge in [-0.1, -0.05) is 0 Å². The van der Waals surface area contributed by atoms with Crippen molar-refractivity contribution in [2.24, 2.45) is 5.92 Å². The fraction of sp³-hybridized carbons (Fsp3) is 0.368. The molecule has 6 nitrogen and oxygen atoms in total. The van der Waals surface area contributed by atoms with Gasteiger partial charge in [0.2, 0.25) is 0 Å². The summed E-state index contributed by atoms with van der Waals surface area (Å²) in [4.78, 5) is 4.37. The summed E-state index contributed by atoms with van der Waals surface area (Å²) >= 11 is 0. The molecule has 0 spiro atoms. The molecule has 0 atom stereocenters. The van der Waals surface area contributed by atoms with Crippen LogP contribution in [0.1, 0.15) is 31.2 Å². The lowest BCUT2D eigenvalue weighted by molar-refractivity contribution is 0.109. The molecule has 0 amide bonds. The second kappa shape index (κ2) is 6.92. The van der Waals surface area contributed by atoms with Gasteiger partial charge in [0.25, 0.3) is 0 Å². The molecule has 1 aromatic carbocycles. The van der Waals surface area contributed by atoms with Crippen molar-refractivity contribution >= 4 is 22.7 Å². The van der Waals surface area contributed by atoms with Gasteiger partial charge in [-0.05, 0) is 67.9 Å². The SMILES string of the molecule is Nc1cc(Nc2ncnn3ccc(CC4CCC(O)CC4)c23)ccc1F. The monoisotopic (exact) mass is 355 g/mol. The van der Waals surface area contributed by atoms with Crippen LogP contribution < -0.4 is 11.1 Å². The average molecular weight is 355 g/mol. The van der Waals surface area contributed by atoms with Crippen molar-refractivity contribution in [3.63, 3.8) is 0 Å². The molecule has 2 aromatic heterocycles. The molecule has 1 saturated carbocycles. The van der Waals surface area contributed by atoms with Crippen molar-refractivity contribution < 1.29 is 9.50 Å². The topological polar surface area (TPSA) is 88.5 Å². The molecule has 0 radical (unpaired) electrons. The number of benzene rings is 1. The van der Waals surface area contributed by atoms with Gasteiger partial charge in [0.1, 0.15) is 17.7 Å². The minimum Gasteiger partial charge on any atom is -0.396 e. The molecule has 4 N–H and O–H groups in total. The van der Waals surface area contributed by atoms with E-state index >= 15 is 0 Å². The summed E-state index contributed by atoms with van der Waals surface area (Å²) in [6.45, 7) is 0. The molecule has 0 bridgehead atoms. The van der Waals surface area contributed by atoms with E-state index in [1.54, 1.807) is 16.6 Å². The predicted octanol–water partition coefficient (Wildman–Crippen LogP) is 3.29. The van der Waals surface area contributed by atoms with Crippen LogP contribution in [0, 0.1) is 11.7 Å². The van der Waals surface area contributed by atoms with Gasteiger partial charge < -0.3 is 16.2 Å². The fourth-order valence-corrected chi connectivity index (χ4v) is 3.69. The number of fused-ring (bicyclic) bond motifs is 1. The van der Waals surface area contributed by atoms with Crippen LogP contribution in [0.25, 0.3) is 5.52 Å². The number of aliphatic hydroxyl groups is 1. The van der Waals surface area contributed by atoms with E-state index in [-0.39, 0.29) is 11.8 Å². The number of hydrogen-bond acceptors (Lipinski definition) is 5. The number of anilines is 3. The molecule has 7 heteroatoms. The first-order valence-electron chi connectivity index (χ1n) is 8.91. The number of nitrogens with two attached hydrogens (primary N) is 1. The zero-order valence-corrected chi connectivity index (χ0v) is 14.4. The summed E-state index contributed by atoms with van der Waals surface area (Å²) in [5.74, 6) is 0.784. The number of aliphatic hydroxyl groups excluding tert-OH is 1. The first kappa shape index (κ1) is 16.8. The minimum absolute atomic E-state index is 0.0939. The molecule has 0 saturated heterocycles. The fourth-order valence-electron chi connectivity index (χ4n) is 3.69. The number of rotatable bonds is 4. The van der Waals surface area contributed by atoms with Gasteiger partial charge in [-0.2, -0.15) is 5.10 Å². The largest absolute Gasteiger partial charge is 0.396 e. The highest BCUT2D eigenvalue weighted by Crippen LogP contribution is 2.31. The second-order valence-electron chi connectivity index (χ2n) is 6.98. The molecular weight excluding hydrogens is 333 g/mol. The lowest BCUT2D eigenvalue weighted by Crippen LogP contribution is -2.19. The average Bonchev–Trinajstić information content (AvgIpc) is 3.04. The van der Waals surface area contributed by atoms with E-state index < -0.39 is 5.82 Å². The standard InChI is InChI=1S/C19H22FN5O/c20-16-6-3-14(10-17(16)21)24-19-18-13(7-8-25(18)23-11-22-19)9-12-1-4-15(26)5-2-12/h3,6-8,10-12,15,26H,1-2,4-5,9,21H2,(H,22,23,24). The van der Waals surface area contributed by atoms with Crippen molar-refractivity contribution in [2.45, 2.75) is 38.2 Å². The van der Waals surface area contributed by atoms with Crippen LogP contribution in [-0.4, -0.2) is 25.8 Å². The Morgan fingerprint density at radius 3 is 2.81 bits per heavy atom. The third-order valence-corrected chi connectivity index (χ3v) is 5.12. The minimum atomic E-state index is -0.439. The highest BCUT2D eigenvalue weighted by atomic mass is 19.1. The third-order valence-electron chi connectivity index (χ3n) is 5.12. The smallest absolute Gasteiger partial charge is 0.158 e. The maximum atomic E-state index is 13.4. The third kappa shape index (κ3) is 3.35. The van der Waals surface area contributed by atoms with E-state index in [2.05, 4.69) is 21.5 Å². The maximum absolute atomic E-state index is 13.4. The highest BCUT2D eigenvalue weighted by Gasteiger charge is 2.21. The Labute approximate surface area is 150 Å². The normalized spacial score (nSPS) is 20.4. The first-order valence-corrected chi connectivity index (χ1v) is 8.91. The Kier molecular flexibility index (Phi) is 4.46. The van der Waals surface area contributed by atoms with Crippen molar-refractivity contribution in [2.75, 3.05) is 11.1 Å². The van der Waals surface area contributed by atoms with Gasteiger partial charge in [0.15, 0.2) is 5.82 Å². The van der Waals surface area contributed by atoms with Crippen LogP contribution >= 0.6 is 0 Å². The molecule has 1 aliphatic rings. The van der Waals surface area contributed by atoms with Crippen LogP contribution in [0.15, 0.2) is 36.8 Å². The van der Waals surface area contributed by atoms with Gasteiger partial charge in [-0.3, -0.25) is 0 Å². The van der Waals surface area contributed by atoms with Crippen molar-refractivity contribution in [1.82, 2.24) is 14.6 Å². The lowest BCUT2D eigenvalue weighted by atomic mass is 9.84. The molecular formula is C19H22FN5O. The first-order chi connectivity index (χ1) is 12.6. The Morgan fingerprint density at radius 1 is 1.23 bits per heavy atom. The highest BCUT2D eigenvalue weighted by molar-refractivity contribution is 5.77. The summed E-state index contributed by atoms with van der Waals surface area (Å²) in [6, 6.07) is 6.59. The molecule has 1 aliphatic carbocycles. The van der Waals surface area contributed by atoms with E-state index in [4.69, 9.17) is 5.73 Å². The van der Waals surface area contributed by atoms with Gasteiger partial charge in [0.05, 0.1) is 11.8 Å². The van der Waals surface area contributed by atoms with Crippen LogP contribution in [0.3, 0.4) is 0 Å². The molecule has 0 aliphatic heterocycles. The van der Waals surface area contributed by atoms with E-state index in [1.165, 1.54) is 18.0 Å². The molecule has 26 heavy (non-hydrogen) atoms. The number of hydrogen-bond donors (Lipinski definition) is 3. The Morgan fingerprint density at radius 2 is 2.04 bits per heavy atom. The molecule has 2 heterocycles. The van der Waals surface area contributed by atoms with Crippen LogP contribution in [-0.2, 0) is 6.42 Å².